The lowest BCUT2D eigenvalue weighted by molar-refractivity contribution is -0.147. The van der Waals surface area contributed by atoms with E-state index in [0.717, 1.165) is 23.7 Å². The Morgan fingerprint density at radius 3 is 2.59 bits per heavy atom. The first-order valence-corrected chi connectivity index (χ1v) is 10.7. The largest absolute Gasteiger partial charge is 0.397 e. The summed E-state index contributed by atoms with van der Waals surface area (Å²) in [6, 6.07) is -0.871. The second-order valence-electron chi connectivity index (χ2n) is 6.83. The van der Waals surface area contributed by atoms with E-state index in [9.17, 15) is 30.4 Å². The number of aromatic nitrogens is 3. The Balaban J connectivity index is 1.90. The summed E-state index contributed by atoms with van der Waals surface area (Å²) in [6.45, 7) is 0.499. The summed E-state index contributed by atoms with van der Waals surface area (Å²) >= 11 is 5.76. The Labute approximate surface area is 167 Å². The first-order chi connectivity index (χ1) is 13.3. The summed E-state index contributed by atoms with van der Waals surface area (Å²) in [4.78, 5) is 3.82. The Bertz CT molecular complexity index is 1030. The van der Waals surface area contributed by atoms with E-state index in [-0.39, 0.29) is 31.0 Å². The van der Waals surface area contributed by atoms with Crippen LogP contribution in [0.25, 0.3) is 5.52 Å². The fourth-order valence-corrected chi connectivity index (χ4v) is 4.29. The second kappa shape index (κ2) is 7.51. The van der Waals surface area contributed by atoms with E-state index in [1.165, 1.54) is 0 Å². The van der Waals surface area contributed by atoms with Gasteiger partial charge in [-0.05, 0) is 13.3 Å². The van der Waals surface area contributed by atoms with E-state index in [1.54, 1.807) is 0 Å². The number of nitrogens with one attached hydrogen (secondary N) is 1. The van der Waals surface area contributed by atoms with Crippen LogP contribution in [-0.4, -0.2) is 65.1 Å². The van der Waals surface area contributed by atoms with Crippen LogP contribution in [0, 0.1) is 5.82 Å². The predicted molar refractivity (Wildman–Crippen MR) is 95.8 cm³/mol. The van der Waals surface area contributed by atoms with E-state index in [2.05, 4.69) is 15.4 Å². The van der Waals surface area contributed by atoms with Crippen molar-refractivity contribution >= 4 is 33.1 Å². The standard InChI is InChI=1S/C15H17ClF5N5O2S/c1-7(15(19,20)21)13-11(16)12(18)10-5-22-14(24-26(10)13)23-9-3-4-25(6-8(9)17)29(2,27)28/h5,7-9H,3-4,6H2,1-2H3,(H,23,24)/t7?,8-,9-/m1/s1. The molecule has 2 aromatic rings. The molecular formula is C15H17ClF5N5O2S. The van der Waals surface area contributed by atoms with Crippen LogP contribution in [0.1, 0.15) is 25.0 Å². The molecule has 0 aliphatic carbocycles. The minimum absolute atomic E-state index is 0.0551. The third-order valence-corrected chi connectivity index (χ3v) is 6.42. The number of piperidine rings is 1. The topological polar surface area (TPSA) is 79.6 Å². The molecule has 0 spiro atoms. The second-order valence-corrected chi connectivity index (χ2v) is 9.19. The molecule has 1 N–H and O–H groups in total. The van der Waals surface area contributed by atoms with Crippen molar-refractivity contribution in [2.24, 2.45) is 0 Å². The quantitative estimate of drug-likeness (QED) is 0.708. The van der Waals surface area contributed by atoms with Crippen molar-refractivity contribution in [3.8, 4) is 0 Å². The molecule has 0 radical (unpaired) electrons. The summed E-state index contributed by atoms with van der Waals surface area (Å²) in [7, 11) is -3.55. The van der Waals surface area contributed by atoms with Gasteiger partial charge in [-0.1, -0.05) is 11.6 Å². The number of hydrogen-bond acceptors (Lipinski definition) is 5. The van der Waals surface area contributed by atoms with Crippen molar-refractivity contribution in [1.29, 1.82) is 0 Å². The highest BCUT2D eigenvalue weighted by atomic mass is 35.5. The van der Waals surface area contributed by atoms with Gasteiger partial charge in [-0.2, -0.15) is 17.5 Å². The summed E-state index contributed by atoms with van der Waals surface area (Å²) < 4.78 is 92.8. The minimum atomic E-state index is -4.69. The highest BCUT2D eigenvalue weighted by Crippen LogP contribution is 2.40. The molecule has 0 bridgehead atoms. The normalized spacial score (nSPS) is 22.8. The summed E-state index contributed by atoms with van der Waals surface area (Å²) in [5.74, 6) is -3.43. The third-order valence-electron chi connectivity index (χ3n) is 4.79. The molecule has 3 atom stereocenters. The monoisotopic (exact) mass is 461 g/mol. The lowest BCUT2D eigenvalue weighted by Gasteiger charge is -2.33. The maximum absolute atomic E-state index is 14.4. The number of nitrogens with zero attached hydrogens (tertiary/aromatic N) is 4. The molecule has 1 fully saturated rings. The van der Waals surface area contributed by atoms with E-state index in [4.69, 9.17) is 11.6 Å². The molecule has 3 heterocycles. The molecule has 1 aliphatic rings. The molecule has 3 rings (SSSR count). The van der Waals surface area contributed by atoms with Crippen molar-refractivity contribution in [3.63, 3.8) is 0 Å². The Morgan fingerprint density at radius 1 is 1.38 bits per heavy atom. The number of hydrogen-bond donors (Lipinski definition) is 1. The summed E-state index contributed by atoms with van der Waals surface area (Å²) in [5, 5.41) is 5.78. The molecule has 14 heteroatoms. The van der Waals surface area contributed by atoms with Gasteiger partial charge in [0.15, 0.2) is 5.82 Å². The Kier molecular flexibility index (Phi) is 5.69. The first kappa shape index (κ1) is 22.0. The molecule has 29 heavy (non-hydrogen) atoms. The van der Waals surface area contributed by atoms with Crippen LogP contribution in [0.3, 0.4) is 0 Å². The van der Waals surface area contributed by atoms with Crippen molar-refractivity contribution in [2.45, 2.75) is 37.7 Å². The SMILES string of the molecule is CC(c1c(Cl)c(F)c2cnc(N[C@@H]3CCN(S(C)(=O)=O)C[C@H]3F)nn12)C(F)(F)F. The van der Waals surface area contributed by atoms with Crippen LogP contribution >= 0.6 is 11.6 Å². The maximum atomic E-state index is 14.4. The van der Waals surface area contributed by atoms with Gasteiger partial charge in [0.25, 0.3) is 0 Å². The smallest absolute Gasteiger partial charge is 0.347 e. The average Bonchev–Trinajstić information content (AvgIpc) is 2.85. The van der Waals surface area contributed by atoms with Crippen molar-refractivity contribution in [3.05, 3.63) is 22.7 Å². The Hall–Kier alpha value is -1.73. The molecule has 162 valence electrons. The molecule has 7 nitrogen and oxygen atoms in total. The number of alkyl halides is 4. The van der Waals surface area contributed by atoms with Gasteiger partial charge in [-0.3, -0.25) is 0 Å². The number of rotatable bonds is 4. The van der Waals surface area contributed by atoms with Crippen LogP contribution in [0.5, 0.6) is 0 Å². The third kappa shape index (κ3) is 4.26. The summed E-state index contributed by atoms with van der Waals surface area (Å²) in [5.41, 5.74) is -0.948. The number of fused-ring (bicyclic) bond motifs is 1. The van der Waals surface area contributed by atoms with Gasteiger partial charge < -0.3 is 5.32 Å². The predicted octanol–water partition coefficient (Wildman–Crippen LogP) is 2.97. The maximum Gasteiger partial charge on any atom is 0.397 e. The fourth-order valence-electron chi connectivity index (χ4n) is 3.10. The van der Waals surface area contributed by atoms with Gasteiger partial charge in [0.1, 0.15) is 16.7 Å². The van der Waals surface area contributed by atoms with E-state index >= 15 is 0 Å². The molecule has 1 unspecified atom stereocenters. The highest BCUT2D eigenvalue weighted by Gasteiger charge is 2.41. The van der Waals surface area contributed by atoms with Crippen LogP contribution < -0.4 is 5.32 Å². The first-order valence-electron chi connectivity index (χ1n) is 8.45. The molecule has 1 saturated heterocycles. The van der Waals surface area contributed by atoms with E-state index < -0.39 is 50.9 Å². The van der Waals surface area contributed by atoms with Crippen molar-refractivity contribution in [1.82, 2.24) is 18.9 Å². The van der Waals surface area contributed by atoms with E-state index in [0.29, 0.717) is 4.52 Å². The number of anilines is 1. The zero-order chi connectivity index (χ0) is 21.7. The van der Waals surface area contributed by atoms with Crippen LogP contribution in [-0.2, 0) is 10.0 Å². The fraction of sp³-hybridized carbons (Fsp3) is 0.600. The number of sulfonamides is 1. The van der Waals surface area contributed by atoms with Gasteiger partial charge in [0.05, 0.1) is 30.1 Å². The van der Waals surface area contributed by atoms with Gasteiger partial charge >= 0.3 is 6.18 Å². The zero-order valence-corrected chi connectivity index (χ0v) is 16.8. The summed E-state index contributed by atoms with van der Waals surface area (Å²) in [6.07, 6.45) is -4.29. The van der Waals surface area contributed by atoms with Gasteiger partial charge in [-0.25, -0.2) is 26.7 Å². The van der Waals surface area contributed by atoms with Crippen LogP contribution in [0.15, 0.2) is 6.20 Å². The lowest BCUT2D eigenvalue weighted by Crippen LogP contribution is -2.49. The van der Waals surface area contributed by atoms with Gasteiger partial charge in [0, 0.05) is 13.1 Å². The van der Waals surface area contributed by atoms with Crippen molar-refractivity contribution < 1.29 is 30.4 Å². The molecule has 2 aromatic heterocycles. The molecule has 0 saturated carbocycles. The van der Waals surface area contributed by atoms with Crippen LogP contribution in [0.2, 0.25) is 5.02 Å². The highest BCUT2D eigenvalue weighted by molar-refractivity contribution is 7.88. The zero-order valence-electron chi connectivity index (χ0n) is 15.2. The minimum Gasteiger partial charge on any atom is -0.347 e. The molecule has 0 aromatic carbocycles. The molecular weight excluding hydrogens is 445 g/mol. The van der Waals surface area contributed by atoms with Gasteiger partial charge in [-0.15, -0.1) is 5.10 Å². The lowest BCUT2D eigenvalue weighted by atomic mass is 10.1. The molecule has 1 aliphatic heterocycles. The van der Waals surface area contributed by atoms with Crippen LogP contribution in [0.4, 0.5) is 27.9 Å². The number of halogens is 6. The average molecular weight is 462 g/mol. The van der Waals surface area contributed by atoms with Crippen molar-refractivity contribution in [2.75, 3.05) is 24.7 Å². The molecule has 0 amide bonds. The van der Waals surface area contributed by atoms with Gasteiger partial charge in [0.2, 0.25) is 16.0 Å². The van der Waals surface area contributed by atoms with E-state index in [1.807, 2.05) is 0 Å². The Morgan fingerprint density at radius 2 is 2.03 bits per heavy atom.